The molecule has 0 aliphatic heterocycles. The first-order valence-corrected chi connectivity index (χ1v) is 9.10. The third-order valence-corrected chi connectivity index (χ3v) is 4.12. The van der Waals surface area contributed by atoms with E-state index in [0.717, 1.165) is 17.7 Å². The van der Waals surface area contributed by atoms with Gasteiger partial charge in [-0.05, 0) is 30.4 Å². The topological polar surface area (TPSA) is 113 Å². The minimum absolute atomic E-state index is 0.0199. The second-order valence-corrected chi connectivity index (χ2v) is 6.42. The molecule has 4 amide bonds. The van der Waals surface area contributed by atoms with Crippen molar-refractivity contribution in [3.8, 4) is 0 Å². The van der Waals surface area contributed by atoms with E-state index in [-0.39, 0.29) is 11.8 Å². The van der Waals surface area contributed by atoms with Gasteiger partial charge in [-0.15, -0.1) is 0 Å². The third kappa shape index (κ3) is 9.05. The van der Waals surface area contributed by atoms with Crippen molar-refractivity contribution in [1.29, 1.82) is 0 Å². The van der Waals surface area contributed by atoms with E-state index in [1.165, 1.54) is 0 Å². The first-order chi connectivity index (χ1) is 12.4. The van der Waals surface area contributed by atoms with E-state index in [0.29, 0.717) is 44.7 Å². The predicted molar refractivity (Wildman–Crippen MR) is 103 cm³/mol. The summed E-state index contributed by atoms with van der Waals surface area (Å²) < 4.78 is 0. The molecule has 144 valence electrons. The van der Waals surface area contributed by atoms with Gasteiger partial charge in [0.2, 0.25) is 11.8 Å². The fourth-order valence-electron chi connectivity index (χ4n) is 2.44. The summed E-state index contributed by atoms with van der Waals surface area (Å²) >= 11 is 0. The molecule has 0 unspecified atom stereocenters. The van der Waals surface area contributed by atoms with Crippen molar-refractivity contribution in [3.05, 3.63) is 29.8 Å². The van der Waals surface area contributed by atoms with Gasteiger partial charge >= 0.3 is 6.03 Å². The molecule has 7 heteroatoms. The molecule has 0 spiro atoms. The van der Waals surface area contributed by atoms with Crippen LogP contribution in [0.25, 0.3) is 0 Å². The van der Waals surface area contributed by atoms with Crippen molar-refractivity contribution in [2.75, 3.05) is 18.4 Å². The van der Waals surface area contributed by atoms with Crippen LogP contribution in [0.1, 0.15) is 45.1 Å². The molecule has 1 aromatic rings. The fourth-order valence-corrected chi connectivity index (χ4v) is 2.44. The standard InChI is InChI=1S/C19H30N4O3/c1-3-14(2)13-18(25)23-16-9-5-4-7-15(16)8-6-10-17(24)21-11-12-22-19(20)26/h4-5,7,9,14H,3,6,8,10-13H2,1-2H3,(H,21,24)(H,23,25)(H3,20,22,26)/t14-/m0/s1. The number of primary amides is 1. The van der Waals surface area contributed by atoms with Crippen LogP contribution in [0.4, 0.5) is 10.5 Å². The van der Waals surface area contributed by atoms with Crippen LogP contribution in [-0.2, 0) is 16.0 Å². The summed E-state index contributed by atoms with van der Waals surface area (Å²) in [4.78, 5) is 34.4. The first kappa shape index (κ1) is 21.5. The van der Waals surface area contributed by atoms with E-state index in [9.17, 15) is 14.4 Å². The molecule has 1 rings (SSSR count). The van der Waals surface area contributed by atoms with Crippen molar-refractivity contribution in [2.24, 2.45) is 11.7 Å². The van der Waals surface area contributed by atoms with Crippen LogP contribution < -0.4 is 21.7 Å². The number of nitrogens with one attached hydrogen (secondary N) is 3. The van der Waals surface area contributed by atoms with Gasteiger partial charge in [-0.25, -0.2) is 4.79 Å². The molecule has 1 aromatic carbocycles. The number of nitrogens with two attached hydrogens (primary N) is 1. The largest absolute Gasteiger partial charge is 0.354 e. The molecule has 0 aliphatic rings. The summed E-state index contributed by atoms with van der Waals surface area (Å²) in [7, 11) is 0. The molecule has 0 aliphatic carbocycles. The van der Waals surface area contributed by atoms with Gasteiger partial charge in [0.05, 0.1) is 0 Å². The summed E-state index contributed by atoms with van der Waals surface area (Å²) in [6.45, 7) is 4.79. The average molecular weight is 362 g/mol. The van der Waals surface area contributed by atoms with Crippen LogP contribution in [-0.4, -0.2) is 30.9 Å². The van der Waals surface area contributed by atoms with Gasteiger partial charge in [0.25, 0.3) is 0 Å². The molecule has 0 aromatic heterocycles. The minimum atomic E-state index is -0.605. The van der Waals surface area contributed by atoms with E-state index in [1.54, 1.807) is 0 Å². The second kappa shape index (κ2) is 11.9. The highest BCUT2D eigenvalue weighted by Crippen LogP contribution is 2.19. The molecular formula is C19H30N4O3. The zero-order valence-electron chi connectivity index (χ0n) is 15.6. The summed E-state index contributed by atoms with van der Waals surface area (Å²) in [5, 5.41) is 8.10. The molecule has 0 fully saturated rings. The summed E-state index contributed by atoms with van der Waals surface area (Å²) in [6.07, 6.45) is 3.23. The average Bonchev–Trinajstić information content (AvgIpc) is 2.59. The van der Waals surface area contributed by atoms with Crippen LogP contribution in [0.2, 0.25) is 0 Å². The number of rotatable bonds is 11. The van der Waals surface area contributed by atoms with Crippen LogP contribution in [0.15, 0.2) is 24.3 Å². The zero-order chi connectivity index (χ0) is 19.4. The van der Waals surface area contributed by atoms with Crippen LogP contribution in [0, 0.1) is 5.92 Å². The van der Waals surface area contributed by atoms with Crippen molar-refractivity contribution in [2.45, 2.75) is 46.0 Å². The van der Waals surface area contributed by atoms with E-state index in [1.807, 2.05) is 24.3 Å². The van der Waals surface area contributed by atoms with Crippen LogP contribution >= 0.6 is 0 Å². The SMILES string of the molecule is CC[C@H](C)CC(=O)Nc1ccccc1CCCC(=O)NCCNC(N)=O. The Labute approximate surface area is 155 Å². The van der Waals surface area contributed by atoms with Crippen molar-refractivity contribution < 1.29 is 14.4 Å². The number of aryl methyl sites for hydroxylation is 1. The van der Waals surface area contributed by atoms with E-state index < -0.39 is 6.03 Å². The number of carbonyl (C=O) groups is 3. The monoisotopic (exact) mass is 362 g/mol. The molecule has 0 heterocycles. The smallest absolute Gasteiger partial charge is 0.312 e. The van der Waals surface area contributed by atoms with Gasteiger partial charge in [-0.1, -0.05) is 38.5 Å². The Morgan fingerprint density at radius 1 is 1.08 bits per heavy atom. The molecule has 0 radical (unpaired) electrons. The lowest BCUT2D eigenvalue weighted by molar-refractivity contribution is -0.121. The summed E-state index contributed by atoms with van der Waals surface area (Å²) in [5.74, 6) is 0.302. The maximum Gasteiger partial charge on any atom is 0.312 e. The highest BCUT2D eigenvalue weighted by molar-refractivity contribution is 5.91. The summed E-state index contributed by atoms with van der Waals surface area (Å²) in [5.41, 5.74) is 6.78. The molecular weight excluding hydrogens is 332 g/mol. The molecule has 0 saturated carbocycles. The number of benzene rings is 1. The Morgan fingerprint density at radius 2 is 1.77 bits per heavy atom. The highest BCUT2D eigenvalue weighted by atomic mass is 16.2. The minimum Gasteiger partial charge on any atom is -0.354 e. The Bertz CT molecular complexity index is 604. The highest BCUT2D eigenvalue weighted by Gasteiger charge is 2.10. The van der Waals surface area contributed by atoms with Crippen molar-refractivity contribution in [3.63, 3.8) is 0 Å². The molecule has 5 N–H and O–H groups in total. The Balaban J connectivity index is 2.39. The lowest BCUT2D eigenvalue weighted by Gasteiger charge is -2.13. The number of hydrogen-bond donors (Lipinski definition) is 4. The normalized spacial score (nSPS) is 11.5. The number of hydrogen-bond acceptors (Lipinski definition) is 3. The predicted octanol–water partition coefficient (Wildman–Crippen LogP) is 2.17. The van der Waals surface area contributed by atoms with E-state index in [2.05, 4.69) is 29.8 Å². The molecule has 0 bridgehead atoms. The van der Waals surface area contributed by atoms with Gasteiger partial charge in [-0.2, -0.15) is 0 Å². The lowest BCUT2D eigenvalue weighted by atomic mass is 10.0. The van der Waals surface area contributed by atoms with Crippen molar-refractivity contribution in [1.82, 2.24) is 10.6 Å². The second-order valence-electron chi connectivity index (χ2n) is 6.42. The Hall–Kier alpha value is -2.57. The van der Waals surface area contributed by atoms with E-state index in [4.69, 9.17) is 5.73 Å². The molecule has 1 atom stereocenters. The third-order valence-electron chi connectivity index (χ3n) is 4.12. The van der Waals surface area contributed by atoms with Gasteiger partial charge in [0.15, 0.2) is 0 Å². The molecule has 26 heavy (non-hydrogen) atoms. The number of carbonyl (C=O) groups excluding carboxylic acids is 3. The van der Waals surface area contributed by atoms with Crippen molar-refractivity contribution >= 4 is 23.5 Å². The van der Waals surface area contributed by atoms with E-state index >= 15 is 0 Å². The van der Waals surface area contributed by atoms with Gasteiger partial charge < -0.3 is 21.7 Å². The fraction of sp³-hybridized carbons (Fsp3) is 0.526. The first-order valence-electron chi connectivity index (χ1n) is 9.10. The number of amides is 4. The summed E-state index contributed by atoms with van der Waals surface area (Å²) in [6, 6.07) is 7.06. The Kier molecular flexibility index (Phi) is 9.82. The number of anilines is 1. The quantitative estimate of drug-likeness (QED) is 0.452. The zero-order valence-corrected chi connectivity index (χ0v) is 15.6. The van der Waals surface area contributed by atoms with Gasteiger partial charge in [0.1, 0.15) is 0 Å². The number of urea groups is 1. The molecule has 7 nitrogen and oxygen atoms in total. The molecule has 0 saturated heterocycles. The maximum absolute atomic E-state index is 12.1. The number of para-hydroxylation sites is 1. The van der Waals surface area contributed by atoms with Gasteiger partial charge in [0, 0.05) is 31.6 Å². The van der Waals surface area contributed by atoms with Gasteiger partial charge in [-0.3, -0.25) is 9.59 Å². The maximum atomic E-state index is 12.1. The van der Waals surface area contributed by atoms with Crippen LogP contribution in [0.5, 0.6) is 0 Å². The lowest BCUT2D eigenvalue weighted by Crippen LogP contribution is -2.37. The Morgan fingerprint density at radius 3 is 2.46 bits per heavy atom. The van der Waals surface area contributed by atoms with Crippen LogP contribution in [0.3, 0.4) is 0 Å².